The lowest BCUT2D eigenvalue weighted by molar-refractivity contribution is -0.152. The maximum absolute atomic E-state index is 12.4. The van der Waals surface area contributed by atoms with Crippen LogP contribution in [0.25, 0.3) is 0 Å². The van der Waals surface area contributed by atoms with Gasteiger partial charge in [-0.15, -0.1) is 0 Å². The van der Waals surface area contributed by atoms with E-state index in [4.69, 9.17) is 9.47 Å². The summed E-state index contributed by atoms with van der Waals surface area (Å²) in [6, 6.07) is 8.07. The first-order chi connectivity index (χ1) is 20.3. The van der Waals surface area contributed by atoms with E-state index in [0.29, 0.717) is 24.3 Å². The van der Waals surface area contributed by atoms with Gasteiger partial charge in [-0.25, -0.2) is 0 Å². The second-order valence-corrected chi connectivity index (χ2v) is 11.4. The van der Waals surface area contributed by atoms with Crippen molar-refractivity contribution >= 4 is 11.9 Å². The summed E-state index contributed by atoms with van der Waals surface area (Å²) < 4.78 is 10.6. The molecule has 0 saturated carbocycles. The van der Waals surface area contributed by atoms with E-state index in [2.05, 4.69) is 27.7 Å². The number of carbonyl (C=O) groups excluding carboxylic acids is 2. The van der Waals surface area contributed by atoms with Crippen LogP contribution in [0.15, 0.2) is 24.3 Å². The topological polar surface area (TPSA) is 93.1 Å². The van der Waals surface area contributed by atoms with Gasteiger partial charge in [-0.05, 0) is 97.6 Å². The molecular weight excluding hydrogens is 528 g/mol. The summed E-state index contributed by atoms with van der Waals surface area (Å²) in [4.78, 5) is 24.7. The highest BCUT2D eigenvalue weighted by atomic mass is 16.6. The molecule has 2 rings (SSSR count). The molecule has 0 fully saturated rings. The third-order valence-electron chi connectivity index (χ3n) is 7.70. The van der Waals surface area contributed by atoms with Crippen LogP contribution in [0.5, 0.6) is 11.5 Å². The predicted octanol–water partition coefficient (Wildman–Crippen LogP) is 8.12. The van der Waals surface area contributed by atoms with Crippen LogP contribution < -0.4 is 0 Å². The smallest absolute Gasteiger partial charge is 0.306 e. The average Bonchev–Trinajstić information content (AvgIpc) is 2.99. The van der Waals surface area contributed by atoms with Gasteiger partial charge >= 0.3 is 11.9 Å². The predicted molar refractivity (Wildman–Crippen MR) is 169 cm³/mol. The van der Waals surface area contributed by atoms with E-state index in [9.17, 15) is 19.8 Å². The fourth-order valence-electron chi connectivity index (χ4n) is 5.13. The summed E-state index contributed by atoms with van der Waals surface area (Å²) in [5, 5.41) is 21.4. The van der Waals surface area contributed by atoms with E-state index in [-0.39, 0.29) is 38.0 Å². The molecule has 0 aliphatic carbocycles. The highest BCUT2D eigenvalue weighted by molar-refractivity contribution is 5.70. The van der Waals surface area contributed by atoms with Crippen molar-refractivity contribution in [1.29, 1.82) is 0 Å². The normalized spacial score (nSPS) is 11.0. The molecule has 0 aliphatic heterocycles. The number of phenols is 2. The second kappa shape index (κ2) is 20.0. The largest absolute Gasteiger partial charge is 0.507 e. The van der Waals surface area contributed by atoms with Gasteiger partial charge in [-0.2, -0.15) is 0 Å². The van der Waals surface area contributed by atoms with Gasteiger partial charge in [-0.1, -0.05) is 77.6 Å². The molecule has 6 heteroatoms. The van der Waals surface area contributed by atoms with E-state index in [1.165, 1.54) is 0 Å². The minimum absolute atomic E-state index is 0.0329. The van der Waals surface area contributed by atoms with Crippen molar-refractivity contribution < 1.29 is 29.3 Å². The number of rotatable bonds is 21. The van der Waals surface area contributed by atoms with E-state index in [0.717, 1.165) is 110 Å². The molecule has 0 bridgehead atoms. The highest BCUT2D eigenvalue weighted by Crippen LogP contribution is 2.29. The number of hydrogen-bond donors (Lipinski definition) is 2. The van der Waals surface area contributed by atoms with Gasteiger partial charge in [0.2, 0.25) is 0 Å². The summed E-state index contributed by atoms with van der Waals surface area (Å²) in [5.74, 6) is 0.161. The zero-order chi connectivity index (χ0) is 30.7. The van der Waals surface area contributed by atoms with E-state index in [1.807, 2.05) is 24.3 Å². The van der Waals surface area contributed by atoms with Crippen LogP contribution in [-0.4, -0.2) is 35.4 Å². The zero-order valence-electron chi connectivity index (χ0n) is 26.6. The van der Waals surface area contributed by atoms with Crippen molar-refractivity contribution in [3.63, 3.8) is 0 Å². The Bertz CT molecular complexity index is 961. The third kappa shape index (κ3) is 12.5. The van der Waals surface area contributed by atoms with E-state index >= 15 is 0 Å². The standard InChI is InChI=1S/C36H54O6/c1-5-9-13-29-23-27(24-30(35(29)39)14-10-6-2)17-19-33(37)41-21-22-42-34(38)20-18-28-25-31(15-11-7-3)36(40)32(26-28)16-12-8-4/h23-26,39-40H,5-22H2,1-4H3. The Morgan fingerprint density at radius 3 is 1.07 bits per heavy atom. The second-order valence-electron chi connectivity index (χ2n) is 11.4. The molecule has 0 radical (unpaired) electrons. The van der Waals surface area contributed by atoms with Crippen molar-refractivity contribution in [3.8, 4) is 11.5 Å². The monoisotopic (exact) mass is 582 g/mol. The molecule has 0 amide bonds. The van der Waals surface area contributed by atoms with Crippen LogP contribution in [0.4, 0.5) is 0 Å². The quantitative estimate of drug-likeness (QED) is 0.114. The van der Waals surface area contributed by atoms with E-state index in [1.54, 1.807) is 0 Å². The molecule has 2 aromatic rings. The summed E-state index contributed by atoms with van der Waals surface area (Å²) in [7, 11) is 0. The maximum Gasteiger partial charge on any atom is 0.306 e. The molecule has 2 N–H and O–H groups in total. The molecule has 0 aliphatic rings. The molecule has 0 saturated heterocycles. The molecule has 2 aromatic carbocycles. The molecule has 0 atom stereocenters. The number of ether oxygens (including phenoxy) is 2. The van der Waals surface area contributed by atoms with Crippen LogP contribution in [0.3, 0.4) is 0 Å². The first kappa shape index (κ1) is 35.2. The molecule has 234 valence electrons. The Kier molecular flexibility index (Phi) is 16.7. The number of unbranched alkanes of at least 4 members (excludes halogenated alkanes) is 4. The van der Waals surface area contributed by atoms with Crippen molar-refractivity contribution in [1.82, 2.24) is 0 Å². The van der Waals surface area contributed by atoms with Crippen molar-refractivity contribution in [2.24, 2.45) is 0 Å². The molecular formula is C36H54O6. The van der Waals surface area contributed by atoms with Gasteiger partial charge in [0.15, 0.2) is 0 Å². The lowest BCUT2D eigenvalue weighted by Gasteiger charge is -2.14. The molecule has 0 heterocycles. The summed E-state index contributed by atoms with van der Waals surface area (Å²) in [6.07, 6.45) is 13.2. The van der Waals surface area contributed by atoms with Gasteiger partial charge in [0.1, 0.15) is 24.7 Å². The first-order valence-corrected chi connectivity index (χ1v) is 16.3. The Morgan fingerprint density at radius 1 is 0.524 bits per heavy atom. The van der Waals surface area contributed by atoms with Gasteiger partial charge in [0.25, 0.3) is 0 Å². The Balaban J connectivity index is 1.80. The number of hydrogen-bond acceptors (Lipinski definition) is 6. The van der Waals surface area contributed by atoms with Crippen LogP contribution in [-0.2, 0) is 57.6 Å². The van der Waals surface area contributed by atoms with Gasteiger partial charge < -0.3 is 19.7 Å². The van der Waals surface area contributed by atoms with Gasteiger partial charge in [0.05, 0.1) is 0 Å². The highest BCUT2D eigenvalue weighted by Gasteiger charge is 2.14. The summed E-state index contributed by atoms with van der Waals surface area (Å²) in [5.41, 5.74) is 5.92. The van der Waals surface area contributed by atoms with Crippen LogP contribution in [0, 0.1) is 0 Å². The Morgan fingerprint density at radius 2 is 0.810 bits per heavy atom. The van der Waals surface area contributed by atoms with Crippen LogP contribution in [0.2, 0.25) is 0 Å². The summed E-state index contributed by atoms with van der Waals surface area (Å²) in [6.45, 7) is 8.60. The number of benzene rings is 2. The van der Waals surface area contributed by atoms with Gasteiger partial charge in [-0.3, -0.25) is 9.59 Å². The fourth-order valence-corrected chi connectivity index (χ4v) is 5.13. The van der Waals surface area contributed by atoms with Crippen molar-refractivity contribution in [2.75, 3.05) is 13.2 Å². The molecule has 0 aromatic heterocycles. The summed E-state index contributed by atoms with van der Waals surface area (Å²) >= 11 is 0. The number of esters is 2. The lowest BCUT2D eigenvalue weighted by atomic mass is 9.95. The van der Waals surface area contributed by atoms with E-state index < -0.39 is 0 Å². The third-order valence-corrected chi connectivity index (χ3v) is 7.70. The molecule has 0 unspecified atom stereocenters. The number of carbonyl (C=O) groups is 2. The maximum atomic E-state index is 12.4. The average molecular weight is 583 g/mol. The number of aromatic hydroxyl groups is 2. The first-order valence-electron chi connectivity index (χ1n) is 16.3. The number of phenolic OH excluding ortho intramolecular Hbond substituents is 2. The minimum Gasteiger partial charge on any atom is -0.507 e. The van der Waals surface area contributed by atoms with Crippen LogP contribution in [0.1, 0.15) is 125 Å². The van der Waals surface area contributed by atoms with Gasteiger partial charge in [0, 0.05) is 12.8 Å². The zero-order valence-corrected chi connectivity index (χ0v) is 26.6. The lowest BCUT2D eigenvalue weighted by Crippen LogP contribution is -2.14. The van der Waals surface area contributed by atoms with Crippen molar-refractivity contribution in [2.45, 2.75) is 130 Å². The molecule has 0 spiro atoms. The molecule has 42 heavy (non-hydrogen) atoms. The fraction of sp³-hybridized carbons (Fsp3) is 0.611. The number of aryl methyl sites for hydroxylation is 6. The van der Waals surface area contributed by atoms with Crippen molar-refractivity contribution in [3.05, 3.63) is 57.6 Å². The SMILES string of the molecule is CCCCc1cc(CCC(=O)OCCOC(=O)CCc2cc(CCCC)c(O)c(CCCC)c2)cc(CCCC)c1O. The molecule has 6 nitrogen and oxygen atoms in total. The van der Waals surface area contributed by atoms with Crippen LogP contribution >= 0.6 is 0 Å². The Hall–Kier alpha value is -3.02. The Labute approximate surface area is 253 Å². The minimum atomic E-state index is -0.326.